The van der Waals surface area contributed by atoms with E-state index < -0.39 is 0 Å². The fourth-order valence-electron chi connectivity index (χ4n) is 2.19. The Kier molecular flexibility index (Phi) is 3.71. The molecule has 2 rings (SSSR count). The monoisotopic (exact) mass is 266 g/mol. The molecule has 1 unspecified atom stereocenters. The summed E-state index contributed by atoms with van der Waals surface area (Å²) in [6.45, 7) is 7.32. The van der Waals surface area contributed by atoms with Crippen LogP contribution in [-0.4, -0.2) is 34.8 Å². The van der Waals surface area contributed by atoms with Crippen molar-refractivity contribution in [3.8, 4) is 0 Å². The van der Waals surface area contributed by atoms with Crippen molar-refractivity contribution in [2.75, 3.05) is 13.1 Å². The Bertz CT molecular complexity index is 474. The zero-order valence-corrected chi connectivity index (χ0v) is 11.8. The highest BCUT2D eigenvalue weighted by atomic mass is 32.1. The van der Waals surface area contributed by atoms with Gasteiger partial charge in [0.1, 0.15) is 0 Å². The SMILES string of the molecule is Cc1cc(C(=O)N2CCC(=NO)C(C)C2)sc1C. The number of thiophene rings is 1. The molecule has 0 saturated carbocycles. The van der Waals surface area contributed by atoms with E-state index in [2.05, 4.69) is 5.16 Å². The first-order valence-corrected chi connectivity index (χ1v) is 6.91. The second-order valence-corrected chi connectivity index (χ2v) is 6.10. The molecule has 1 N–H and O–H groups in total. The third kappa shape index (κ3) is 2.41. The van der Waals surface area contributed by atoms with Crippen molar-refractivity contribution in [2.45, 2.75) is 27.2 Å². The number of nitrogens with zero attached hydrogens (tertiary/aromatic N) is 2. The minimum Gasteiger partial charge on any atom is -0.411 e. The second kappa shape index (κ2) is 5.10. The van der Waals surface area contributed by atoms with Gasteiger partial charge in [-0.25, -0.2) is 0 Å². The van der Waals surface area contributed by atoms with Crippen molar-refractivity contribution >= 4 is 23.0 Å². The standard InChI is InChI=1S/C13H18N2O2S/c1-8-6-12(18-10(8)3)13(16)15-5-4-11(14-17)9(2)7-15/h6,9,17H,4-5,7H2,1-3H3. The molecule has 1 aromatic rings. The molecule has 1 atom stereocenters. The molecule has 1 aliphatic rings. The molecular weight excluding hydrogens is 248 g/mol. The van der Waals surface area contributed by atoms with Gasteiger partial charge in [0.2, 0.25) is 0 Å². The molecule has 1 saturated heterocycles. The Balaban J connectivity index is 2.11. The van der Waals surface area contributed by atoms with E-state index in [1.54, 1.807) is 11.3 Å². The first-order chi connectivity index (χ1) is 8.52. The summed E-state index contributed by atoms with van der Waals surface area (Å²) >= 11 is 1.55. The second-order valence-electron chi connectivity index (χ2n) is 4.84. The first kappa shape index (κ1) is 13.1. The molecule has 0 aromatic carbocycles. The molecule has 1 aromatic heterocycles. The average Bonchev–Trinajstić information content (AvgIpc) is 2.68. The minimum absolute atomic E-state index is 0.0973. The number of likely N-dealkylation sites (tertiary alicyclic amines) is 1. The molecule has 2 heterocycles. The number of carbonyl (C=O) groups is 1. The number of carbonyl (C=O) groups excluding carboxylic acids is 1. The van der Waals surface area contributed by atoms with E-state index in [0.717, 1.165) is 10.6 Å². The Morgan fingerprint density at radius 3 is 2.78 bits per heavy atom. The number of hydrogen-bond acceptors (Lipinski definition) is 4. The van der Waals surface area contributed by atoms with Gasteiger partial charge >= 0.3 is 0 Å². The predicted molar refractivity (Wildman–Crippen MR) is 72.7 cm³/mol. The molecular formula is C13H18N2O2S. The number of hydrogen-bond donors (Lipinski definition) is 1. The Morgan fingerprint density at radius 1 is 1.56 bits per heavy atom. The van der Waals surface area contributed by atoms with Gasteiger partial charge in [0.25, 0.3) is 5.91 Å². The summed E-state index contributed by atoms with van der Waals surface area (Å²) in [6.07, 6.45) is 0.659. The van der Waals surface area contributed by atoms with Gasteiger partial charge in [0.05, 0.1) is 10.6 Å². The van der Waals surface area contributed by atoms with E-state index in [1.807, 2.05) is 31.7 Å². The van der Waals surface area contributed by atoms with Crippen molar-refractivity contribution in [1.29, 1.82) is 0 Å². The predicted octanol–water partition coefficient (Wildman–Crippen LogP) is 2.68. The average molecular weight is 266 g/mol. The first-order valence-electron chi connectivity index (χ1n) is 6.10. The van der Waals surface area contributed by atoms with Crippen molar-refractivity contribution in [3.05, 3.63) is 21.4 Å². The lowest BCUT2D eigenvalue weighted by Gasteiger charge is -2.31. The van der Waals surface area contributed by atoms with Crippen molar-refractivity contribution < 1.29 is 10.0 Å². The minimum atomic E-state index is 0.0973. The maximum atomic E-state index is 12.3. The zero-order valence-electron chi connectivity index (χ0n) is 10.9. The number of oxime groups is 1. The van der Waals surface area contributed by atoms with Crippen LogP contribution in [0.4, 0.5) is 0 Å². The van der Waals surface area contributed by atoms with Crippen molar-refractivity contribution in [1.82, 2.24) is 4.90 Å². The van der Waals surface area contributed by atoms with Crippen LogP contribution in [0.15, 0.2) is 11.2 Å². The van der Waals surface area contributed by atoms with Gasteiger partial charge in [0.15, 0.2) is 0 Å². The summed E-state index contributed by atoms with van der Waals surface area (Å²) in [7, 11) is 0. The summed E-state index contributed by atoms with van der Waals surface area (Å²) in [5.74, 6) is 0.231. The van der Waals surface area contributed by atoms with Gasteiger partial charge in [-0.15, -0.1) is 11.3 Å². The molecule has 5 heteroatoms. The van der Waals surface area contributed by atoms with Crippen molar-refractivity contribution in [2.24, 2.45) is 11.1 Å². The van der Waals surface area contributed by atoms with Crippen LogP contribution in [-0.2, 0) is 0 Å². The molecule has 0 spiro atoms. The topological polar surface area (TPSA) is 52.9 Å². The fourth-order valence-corrected chi connectivity index (χ4v) is 3.19. The van der Waals surface area contributed by atoms with Crippen LogP contribution in [0.3, 0.4) is 0 Å². The van der Waals surface area contributed by atoms with Crippen LogP contribution in [0, 0.1) is 19.8 Å². The van der Waals surface area contributed by atoms with E-state index in [4.69, 9.17) is 5.21 Å². The molecule has 98 valence electrons. The molecule has 4 nitrogen and oxygen atoms in total. The molecule has 0 aliphatic carbocycles. The van der Waals surface area contributed by atoms with Gasteiger partial charge in [-0.3, -0.25) is 4.79 Å². The van der Waals surface area contributed by atoms with Gasteiger partial charge in [-0.1, -0.05) is 12.1 Å². The van der Waals surface area contributed by atoms with E-state index in [9.17, 15) is 4.79 Å². The van der Waals surface area contributed by atoms with Crippen LogP contribution < -0.4 is 0 Å². The number of amides is 1. The lowest BCUT2D eigenvalue weighted by molar-refractivity contribution is 0.0739. The molecule has 1 amide bonds. The third-order valence-electron chi connectivity index (χ3n) is 3.49. The molecule has 0 bridgehead atoms. The lowest BCUT2D eigenvalue weighted by atomic mass is 9.97. The van der Waals surface area contributed by atoms with E-state index >= 15 is 0 Å². The Hall–Kier alpha value is -1.36. The van der Waals surface area contributed by atoms with Crippen molar-refractivity contribution in [3.63, 3.8) is 0 Å². The number of aryl methyl sites for hydroxylation is 2. The van der Waals surface area contributed by atoms with Crippen LogP contribution in [0.25, 0.3) is 0 Å². The third-order valence-corrected chi connectivity index (χ3v) is 4.63. The highest BCUT2D eigenvalue weighted by molar-refractivity contribution is 7.14. The van der Waals surface area contributed by atoms with Crippen LogP contribution >= 0.6 is 11.3 Å². The van der Waals surface area contributed by atoms with E-state index in [-0.39, 0.29) is 11.8 Å². The maximum absolute atomic E-state index is 12.3. The molecule has 1 aliphatic heterocycles. The Labute approximate surface area is 111 Å². The largest absolute Gasteiger partial charge is 0.411 e. The smallest absolute Gasteiger partial charge is 0.263 e. The zero-order chi connectivity index (χ0) is 13.3. The van der Waals surface area contributed by atoms with Gasteiger partial charge < -0.3 is 10.1 Å². The Morgan fingerprint density at radius 2 is 2.28 bits per heavy atom. The fraction of sp³-hybridized carbons (Fsp3) is 0.538. The maximum Gasteiger partial charge on any atom is 0.263 e. The lowest BCUT2D eigenvalue weighted by Crippen LogP contribution is -2.43. The summed E-state index contributed by atoms with van der Waals surface area (Å²) in [4.78, 5) is 16.2. The van der Waals surface area contributed by atoms with Crippen LogP contribution in [0.1, 0.15) is 33.5 Å². The summed E-state index contributed by atoms with van der Waals surface area (Å²) in [6, 6.07) is 1.96. The highest BCUT2D eigenvalue weighted by Gasteiger charge is 2.27. The normalized spacial score (nSPS) is 22.5. The van der Waals surface area contributed by atoms with Crippen LogP contribution in [0.5, 0.6) is 0 Å². The number of rotatable bonds is 1. The van der Waals surface area contributed by atoms with Crippen LogP contribution in [0.2, 0.25) is 0 Å². The summed E-state index contributed by atoms with van der Waals surface area (Å²) < 4.78 is 0. The summed E-state index contributed by atoms with van der Waals surface area (Å²) in [5, 5.41) is 12.1. The van der Waals surface area contributed by atoms with Gasteiger partial charge in [-0.05, 0) is 25.5 Å². The van der Waals surface area contributed by atoms with Gasteiger partial charge in [-0.2, -0.15) is 0 Å². The quantitative estimate of drug-likeness (QED) is 0.627. The summed E-state index contributed by atoms with van der Waals surface area (Å²) in [5.41, 5.74) is 1.96. The number of piperidine rings is 1. The highest BCUT2D eigenvalue weighted by Crippen LogP contribution is 2.24. The van der Waals surface area contributed by atoms with E-state index in [1.165, 1.54) is 10.4 Å². The molecule has 1 fully saturated rings. The van der Waals surface area contributed by atoms with E-state index in [0.29, 0.717) is 19.5 Å². The molecule has 18 heavy (non-hydrogen) atoms. The molecule has 0 radical (unpaired) electrons. The van der Waals surface area contributed by atoms with Gasteiger partial charge in [0, 0.05) is 30.3 Å².